The van der Waals surface area contributed by atoms with Crippen LogP contribution < -0.4 is 10.2 Å². The van der Waals surface area contributed by atoms with E-state index in [0.29, 0.717) is 6.54 Å². The molecule has 25 heavy (non-hydrogen) atoms. The minimum atomic E-state index is 0.153. The Balaban J connectivity index is 1.41. The van der Waals surface area contributed by atoms with Crippen molar-refractivity contribution in [1.82, 2.24) is 20.1 Å². The molecule has 0 unspecified atom stereocenters. The van der Waals surface area contributed by atoms with Gasteiger partial charge in [0.2, 0.25) is 5.91 Å². The molecule has 1 aromatic heterocycles. The molecule has 0 fully saturated rings. The summed E-state index contributed by atoms with van der Waals surface area (Å²) in [4.78, 5) is 19.3. The summed E-state index contributed by atoms with van der Waals surface area (Å²) in [6, 6.07) is 8.78. The highest BCUT2D eigenvalue weighted by Gasteiger charge is 2.28. The number of carbonyl (C=O) groups is 1. The number of benzene rings is 1. The van der Waals surface area contributed by atoms with Crippen LogP contribution in [0, 0.1) is 6.92 Å². The fourth-order valence-electron chi connectivity index (χ4n) is 3.99. The molecule has 132 valence electrons. The van der Waals surface area contributed by atoms with E-state index >= 15 is 0 Å². The van der Waals surface area contributed by atoms with Gasteiger partial charge in [-0.15, -0.1) is 0 Å². The van der Waals surface area contributed by atoms with Crippen molar-refractivity contribution in [3.05, 3.63) is 41.5 Å². The van der Waals surface area contributed by atoms with Gasteiger partial charge >= 0.3 is 0 Å². The predicted octanol–water partition coefficient (Wildman–Crippen LogP) is 1.86. The standard InChI is InChI=1S/C19H25N5O/c1-13-7-8-15-5-3-4-6-17(15)24(13)19(25)11-20-16-9-10-18-21-14(2)22-23(18)12-16/h3-6,13,16,20H,7-12H2,1-2H3/t13-,16+/m1/s1. The normalized spacial score (nSPS) is 22.4. The molecule has 0 saturated heterocycles. The number of aromatic nitrogens is 3. The van der Waals surface area contributed by atoms with Gasteiger partial charge in [-0.25, -0.2) is 9.67 Å². The van der Waals surface area contributed by atoms with Gasteiger partial charge in [-0.2, -0.15) is 5.10 Å². The number of carbonyl (C=O) groups excluding carboxylic acids is 1. The van der Waals surface area contributed by atoms with E-state index < -0.39 is 0 Å². The molecule has 4 rings (SSSR count). The van der Waals surface area contributed by atoms with Crippen LogP contribution in [0.3, 0.4) is 0 Å². The van der Waals surface area contributed by atoms with E-state index in [-0.39, 0.29) is 18.0 Å². The number of amides is 1. The number of anilines is 1. The summed E-state index contributed by atoms with van der Waals surface area (Å²) in [5, 5.41) is 7.87. The summed E-state index contributed by atoms with van der Waals surface area (Å²) in [7, 11) is 0. The lowest BCUT2D eigenvalue weighted by Crippen LogP contribution is -2.49. The quantitative estimate of drug-likeness (QED) is 0.927. The van der Waals surface area contributed by atoms with Gasteiger partial charge in [0.25, 0.3) is 0 Å². The summed E-state index contributed by atoms with van der Waals surface area (Å²) in [5.74, 6) is 2.03. The first kappa shape index (κ1) is 16.3. The minimum absolute atomic E-state index is 0.153. The molecule has 2 atom stereocenters. The third-order valence-corrected chi connectivity index (χ3v) is 5.30. The molecule has 3 heterocycles. The van der Waals surface area contributed by atoms with Crippen molar-refractivity contribution in [3.63, 3.8) is 0 Å². The van der Waals surface area contributed by atoms with Crippen LogP contribution in [0.1, 0.15) is 37.0 Å². The monoisotopic (exact) mass is 339 g/mol. The van der Waals surface area contributed by atoms with E-state index in [2.05, 4.69) is 40.5 Å². The number of aryl methyl sites for hydroxylation is 3. The van der Waals surface area contributed by atoms with Crippen LogP contribution in [-0.4, -0.2) is 39.3 Å². The van der Waals surface area contributed by atoms with Crippen LogP contribution in [0.4, 0.5) is 5.69 Å². The Kier molecular flexibility index (Phi) is 4.29. The molecule has 6 nitrogen and oxygen atoms in total. The second-order valence-corrected chi connectivity index (χ2v) is 7.15. The van der Waals surface area contributed by atoms with E-state index in [9.17, 15) is 4.79 Å². The third-order valence-electron chi connectivity index (χ3n) is 5.30. The average Bonchev–Trinajstić information content (AvgIpc) is 2.98. The molecule has 1 amide bonds. The van der Waals surface area contributed by atoms with Crippen LogP contribution in [0.25, 0.3) is 0 Å². The Morgan fingerprint density at radius 3 is 3.00 bits per heavy atom. The lowest BCUT2D eigenvalue weighted by atomic mass is 9.96. The van der Waals surface area contributed by atoms with Crippen molar-refractivity contribution >= 4 is 11.6 Å². The Hall–Kier alpha value is -2.21. The highest BCUT2D eigenvalue weighted by atomic mass is 16.2. The molecule has 0 aliphatic carbocycles. The maximum absolute atomic E-state index is 12.9. The summed E-state index contributed by atoms with van der Waals surface area (Å²) < 4.78 is 1.97. The summed E-state index contributed by atoms with van der Waals surface area (Å²) in [6.45, 7) is 5.22. The molecule has 6 heteroatoms. The van der Waals surface area contributed by atoms with E-state index in [0.717, 1.165) is 49.6 Å². The van der Waals surface area contributed by atoms with Crippen molar-refractivity contribution in [2.75, 3.05) is 11.4 Å². The molecule has 1 N–H and O–H groups in total. The lowest BCUT2D eigenvalue weighted by Gasteiger charge is -2.36. The van der Waals surface area contributed by atoms with Crippen molar-refractivity contribution in [2.24, 2.45) is 0 Å². The first-order valence-electron chi connectivity index (χ1n) is 9.15. The molecular formula is C19H25N5O. The number of rotatable bonds is 3. The van der Waals surface area contributed by atoms with Crippen LogP contribution in [-0.2, 0) is 24.2 Å². The Labute approximate surface area is 148 Å². The van der Waals surface area contributed by atoms with Crippen molar-refractivity contribution in [3.8, 4) is 0 Å². The number of nitrogens with zero attached hydrogens (tertiary/aromatic N) is 4. The molecule has 0 spiro atoms. The summed E-state index contributed by atoms with van der Waals surface area (Å²) >= 11 is 0. The van der Waals surface area contributed by atoms with E-state index in [1.165, 1.54) is 5.56 Å². The zero-order chi connectivity index (χ0) is 17.4. The predicted molar refractivity (Wildman–Crippen MR) is 96.6 cm³/mol. The summed E-state index contributed by atoms with van der Waals surface area (Å²) in [6.07, 6.45) is 3.98. The lowest BCUT2D eigenvalue weighted by molar-refractivity contribution is -0.118. The highest BCUT2D eigenvalue weighted by molar-refractivity contribution is 5.96. The number of hydrogen-bond donors (Lipinski definition) is 1. The molecule has 2 aliphatic rings. The SMILES string of the molecule is Cc1nc2n(n1)C[C@@H](NCC(=O)N1c3ccccc3CC[C@H]1C)CC2. The van der Waals surface area contributed by atoms with Crippen molar-refractivity contribution < 1.29 is 4.79 Å². The molecule has 0 saturated carbocycles. The number of para-hydroxylation sites is 1. The second-order valence-electron chi connectivity index (χ2n) is 7.15. The van der Waals surface area contributed by atoms with Gasteiger partial charge in [0.15, 0.2) is 0 Å². The van der Waals surface area contributed by atoms with Gasteiger partial charge in [0.1, 0.15) is 11.6 Å². The average molecular weight is 339 g/mol. The molecular weight excluding hydrogens is 314 g/mol. The van der Waals surface area contributed by atoms with Crippen molar-refractivity contribution in [2.45, 2.75) is 58.2 Å². The second kappa shape index (κ2) is 6.59. The van der Waals surface area contributed by atoms with Gasteiger partial charge in [0.05, 0.1) is 13.1 Å². The van der Waals surface area contributed by atoms with Gasteiger partial charge < -0.3 is 10.2 Å². The highest BCUT2D eigenvalue weighted by Crippen LogP contribution is 2.30. The smallest absolute Gasteiger partial charge is 0.241 e. The maximum atomic E-state index is 12.9. The summed E-state index contributed by atoms with van der Waals surface area (Å²) in [5.41, 5.74) is 2.35. The number of nitrogens with one attached hydrogen (secondary N) is 1. The Morgan fingerprint density at radius 1 is 1.28 bits per heavy atom. The number of fused-ring (bicyclic) bond motifs is 2. The molecule has 0 bridgehead atoms. The minimum Gasteiger partial charge on any atom is -0.308 e. The van der Waals surface area contributed by atoms with Gasteiger partial charge in [-0.05, 0) is 44.7 Å². The van der Waals surface area contributed by atoms with Gasteiger partial charge in [-0.1, -0.05) is 18.2 Å². The van der Waals surface area contributed by atoms with Gasteiger partial charge in [0, 0.05) is 24.2 Å². The molecule has 2 aliphatic heterocycles. The van der Waals surface area contributed by atoms with Crippen LogP contribution >= 0.6 is 0 Å². The van der Waals surface area contributed by atoms with E-state index in [1.54, 1.807) is 0 Å². The van der Waals surface area contributed by atoms with Crippen LogP contribution in [0.5, 0.6) is 0 Å². The fourth-order valence-corrected chi connectivity index (χ4v) is 3.99. The topological polar surface area (TPSA) is 63.1 Å². The largest absolute Gasteiger partial charge is 0.308 e. The molecule has 1 aromatic carbocycles. The van der Waals surface area contributed by atoms with Crippen LogP contribution in [0.2, 0.25) is 0 Å². The van der Waals surface area contributed by atoms with Gasteiger partial charge in [-0.3, -0.25) is 4.79 Å². The Morgan fingerprint density at radius 2 is 2.12 bits per heavy atom. The number of hydrogen-bond acceptors (Lipinski definition) is 4. The molecule has 2 aromatic rings. The first-order chi connectivity index (χ1) is 12.1. The van der Waals surface area contributed by atoms with E-state index in [4.69, 9.17) is 0 Å². The van der Waals surface area contributed by atoms with Crippen molar-refractivity contribution in [1.29, 1.82) is 0 Å². The van der Waals surface area contributed by atoms with E-state index in [1.807, 2.05) is 22.6 Å². The fraction of sp³-hybridized carbons (Fsp3) is 0.526. The zero-order valence-electron chi connectivity index (χ0n) is 14.9. The first-order valence-corrected chi connectivity index (χ1v) is 9.15. The third kappa shape index (κ3) is 3.18. The molecule has 0 radical (unpaired) electrons. The Bertz CT molecular complexity index is 784. The van der Waals surface area contributed by atoms with Crippen LogP contribution in [0.15, 0.2) is 24.3 Å². The zero-order valence-corrected chi connectivity index (χ0v) is 14.9. The maximum Gasteiger partial charge on any atom is 0.241 e.